The minimum Gasteiger partial charge on any atom is -0.393 e. The first-order valence-corrected chi connectivity index (χ1v) is 41.2. The van der Waals surface area contributed by atoms with Gasteiger partial charge in [-0.05, 0) is 204 Å². The molecule has 123 heavy (non-hydrogen) atoms. The van der Waals surface area contributed by atoms with Crippen LogP contribution in [0.1, 0.15) is 220 Å². The number of hydrogen-bond donors (Lipinski definition) is 9. The van der Waals surface area contributed by atoms with Crippen LogP contribution in [0.3, 0.4) is 0 Å². The number of Topliss-reactive ketones (excluding diaryl/α,β-unsaturated/α-hetero) is 3. The lowest BCUT2D eigenvalue weighted by Crippen LogP contribution is -2.51. The number of fused-ring (bicyclic) bond motifs is 6. The minimum atomic E-state index is -4.50. The highest BCUT2D eigenvalue weighted by Gasteiger charge is 2.60. The molecule has 7 aliphatic rings. The molecule has 0 saturated heterocycles. The first-order valence-electron chi connectivity index (χ1n) is 41.2. The van der Waals surface area contributed by atoms with Crippen LogP contribution in [-0.2, 0) is 33.6 Å². The van der Waals surface area contributed by atoms with Crippen molar-refractivity contribution in [1.29, 1.82) is 0 Å². The van der Waals surface area contributed by atoms with E-state index in [2.05, 4.69) is 87.0 Å². The van der Waals surface area contributed by atoms with Crippen molar-refractivity contribution in [3.05, 3.63) is 240 Å². The number of benzene rings is 3. The summed E-state index contributed by atoms with van der Waals surface area (Å²) in [6.07, 6.45) is 5.58. The van der Waals surface area contributed by atoms with Gasteiger partial charge in [0.05, 0.1) is 50.5 Å². The topological polar surface area (TPSA) is 232 Å². The molecule has 630 valence electrons. The predicted octanol–water partition coefficient (Wildman–Crippen LogP) is 13.3. The number of rotatable bonds is 15. The monoisotopic (exact) mass is 1670 g/mol. The number of nitrogens with zero attached hydrogens (tertiary/aromatic N) is 6. The Hall–Kier alpha value is -12.5. The molecule has 0 atom stereocenters. The Bertz CT molecular complexity index is 5870. The molecule has 1 aliphatic carbocycles. The van der Waals surface area contributed by atoms with Crippen molar-refractivity contribution < 1.29 is 84.4 Å². The Labute approximate surface area is 712 Å². The standard InChI is InChI=1S/C96H96B3F6N9O9/c1-19-73-52(7)88-82(89-53(8)74(20-2)59(14)110(89)97(100,101)109(88)58(73)13)70-43-64(31-25-37-115)85(65(44-70)32-26-38-116)106-49-79-94(121)80(50-107-86-66(33-27-39-117)45-71(46-67(86)34-28-40-118)83-90-54(9)75(21-3)60(15)111(90)98(102,103)112-61(16)76(22-4)55(10)91(83)112)96(123)81(95(79)122)51-108-87-68(35-29-41-119)47-72(48-69(87)36-30-42-120)84-92-56(11)77(23-5)62(17)113(92)99(104,105)114-63(18)78(24-6)57(12)93(84)114/h43-51,106-108,115-120H,19-24,37-42H2,1-18H3. The maximum Gasteiger partial charge on any atom is 0.737 e. The summed E-state index contributed by atoms with van der Waals surface area (Å²) < 4.78 is 113. The number of carbonyl (C=O) groups is 3. The molecule has 0 bridgehead atoms. The van der Waals surface area contributed by atoms with E-state index in [-0.39, 0.29) is 84.6 Å². The number of aromatic nitrogens is 3. The zero-order valence-electron chi connectivity index (χ0n) is 72.3. The van der Waals surface area contributed by atoms with Crippen LogP contribution in [0.25, 0.3) is 16.7 Å². The molecule has 0 radical (unpaired) electrons. The zero-order chi connectivity index (χ0) is 89.4. The largest absolute Gasteiger partial charge is 0.737 e. The average Bonchev–Trinajstić information content (AvgIpc) is 1.55. The van der Waals surface area contributed by atoms with Gasteiger partial charge in [0.25, 0.3) is 0 Å². The minimum absolute atomic E-state index is 0.0158. The second-order valence-corrected chi connectivity index (χ2v) is 31.1. The van der Waals surface area contributed by atoms with E-state index in [1.807, 2.05) is 41.5 Å². The van der Waals surface area contributed by atoms with Crippen molar-refractivity contribution >= 4 is 89.2 Å². The Kier molecular flexibility index (Phi) is 24.4. The number of hydrogen-bond acceptors (Lipinski definition) is 12. The summed E-state index contributed by atoms with van der Waals surface area (Å²) in [4.78, 5) is 47.8. The van der Waals surface area contributed by atoms with E-state index < -0.39 is 94.6 Å². The van der Waals surface area contributed by atoms with Gasteiger partial charge < -0.3 is 99.4 Å². The van der Waals surface area contributed by atoms with Crippen molar-refractivity contribution in [2.24, 2.45) is 0 Å². The zero-order valence-corrected chi connectivity index (χ0v) is 72.3. The van der Waals surface area contributed by atoms with E-state index in [1.165, 1.54) is 0 Å². The summed E-state index contributed by atoms with van der Waals surface area (Å²) in [7, 11) is 0. The summed E-state index contributed by atoms with van der Waals surface area (Å²) >= 11 is 0. The maximum atomic E-state index is 17.7. The average molecular weight is 1670 g/mol. The van der Waals surface area contributed by atoms with Gasteiger partial charge in [-0.15, -0.1) is 0 Å². The summed E-state index contributed by atoms with van der Waals surface area (Å²) in [5.74, 6) is 30.3. The number of aliphatic hydroxyl groups excluding tert-OH is 6. The highest BCUT2D eigenvalue weighted by Crippen LogP contribution is 2.53. The van der Waals surface area contributed by atoms with Crippen molar-refractivity contribution in [2.45, 2.75) is 163 Å². The fraction of sp³-hybridized carbons (Fsp3) is 0.312. The van der Waals surface area contributed by atoms with E-state index in [1.54, 1.807) is 119 Å². The highest BCUT2D eigenvalue weighted by atomic mass is 19.3. The van der Waals surface area contributed by atoms with Crippen molar-refractivity contribution in [2.75, 3.05) is 55.6 Å². The number of ketones is 3. The third-order valence-electron chi connectivity index (χ3n) is 25.1. The van der Waals surface area contributed by atoms with E-state index in [0.717, 1.165) is 45.5 Å². The summed E-state index contributed by atoms with van der Waals surface area (Å²) in [5, 5.41) is 72.0. The van der Waals surface area contributed by atoms with E-state index >= 15 is 40.3 Å². The first-order chi connectivity index (χ1) is 58.6. The fourth-order valence-corrected chi connectivity index (χ4v) is 20.1. The SMILES string of the molecule is CCC1=C(C)C2=C(c3cc(C#CCO)c(NC=C4C(=O)C(=CNc5c(C#CCO)cc(C6=C7C(C)=C(CC)C(C)=[N+]7[B-](F)(F)n7c(C)c(CC)c(C)c76)cc5C#CCO)C(=O)C(=CNc5c(C#CCO)cc(C6=C7C(C)=C(CC)C(C)=[N+]7[B-](F)(F)n7c(C)c(CC)c(C)c76)cc5C#CCO)C4=O)c(C#CCO)c3)c3c(C)c(CC)c(C)n3[B-](F)(F)[N+]2=C1C. The van der Waals surface area contributed by atoms with Crippen molar-refractivity contribution in [3.8, 4) is 71.0 Å². The summed E-state index contributed by atoms with van der Waals surface area (Å²) in [5.41, 5.74) is 11.9. The van der Waals surface area contributed by atoms with Crippen LogP contribution in [0.4, 0.5) is 43.0 Å². The van der Waals surface area contributed by atoms with Gasteiger partial charge in [-0.3, -0.25) is 14.4 Å². The van der Waals surface area contributed by atoms with Crippen LogP contribution in [0.2, 0.25) is 0 Å². The molecule has 1 saturated carbocycles. The number of carbonyl (C=O) groups excluding carboxylic acids is 3. The molecule has 0 unspecified atom stereocenters. The van der Waals surface area contributed by atoms with Gasteiger partial charge in [-0.25, -0.2) is 0 Å². The molecule has 1 fully saturated rings. The third-order valence-corrected chi connectivity index (χ3v) is 25.1. The third kappa shape index (κ3) is 13.8. The normalized spacial score (nSPS) is 16.4. The number of aliphatic hydroxyl groups is 6. The molecule has 13 rings (SSSR count). The quantitative estimate of drug-likeness (QED) is 0.0154. The van der Waals surface area contributed by atoms with Gasteiger partial charge >= 0.3 is 20.9 Å². The van der Waals surface area contributed by atoms with Crippen LogP contribution in [-0.4, -0.2) is 153 Å². The molecular weight excluding hydrogens is 1570 g/mol. The Balaban J connectivity index is 1.05. The van der Waals surface area contributed by atoms with Crippen LogP contribution in [0, 0.1) is 113 Å². The highest BCUT2D eigenvalue weighted by molar-refractivity contribution is 6.60. The molecule has 9 N–H and O–H groups in total. The van der Waals surface area contributed by atoms with Crippen LogP contribution in [0.5, 0.6) is 0 Å². The van der Waals surface area contributed by atoms with Crippen LogP contribution >= 0.6 is 0 Å². The molecule has 0 amide bonds. The van der Waals surface area contributed by atoms with Crippen LogP contribution in [0.15, 0.2) is 122 Å². The molecule has 3 aromatic carbocycles. The van der Waals surface area contributed by atoms with Gasteiger partial charge in [0.1, 0.15) is 56.8 Å². The van der Waals surface area contributed by atoms with Crippen LogP contribution < -0.4 is 16.0 Å². The molecular formula is C96H96B3F6N9O9. The Morgan fingerprint density at radius 3 is 0.724 bits per heavy atom. The molecule has 6 aliphatic heterocycles. The molecule has 6 aromatic rings. The lowest BCUT2D eigenvalue weighted by Gasteiger charge is -2.34. The number of halogens is 6. The van der Waals surface area contributed by atoms with E-state index in [4.69, 9.17) is 0 Å². The predicted molar refractivity (Wildman–Crippen MR) is 473 cm³/mol. The Morgan fingerprint density at radius 1 is 0.341 bits per heavy atom. The lowest BCUT2D eigenvalue weighted by atomic mass is 9.82. The van der Waals surface area contributed by atoms with Gasteiger partial charge in [0.2, 0.25) is 17.3 Å². The second kappa shape index (κ2) is 34.1. The molecule has 18 nitrogen and oxygen atoms in total. The van der Waals surface area contributed by atoms with Gasteiger partial charge in [-0.1, -0.05) is 113 Å². The number of allylic oxidation sites excluding steroid dienone is 9. The summed E-state index contributed by atoms with van der Waals surface area (Å²) in [6.45, 7) is 14.4. The lowest BCUT2D eigenvalue weighted by molar-refractivity contribution is -0.364. The van der Waals surface area contributed by atoms with Crippen molar-refractivity contribution in [3.63, 3.8) is 0 Å². The number of nitrogens with one attached hydrogen (secondary N) is 3. The summed E-state index contributed by atoms with van der Waals surface area (Å²) in [6, 6.07) is 9.63. The van der Waals surface area contributed by atoms with Gasteiger partial charge in [0.15, 0.2) is 17.1 Å². The fourth-order valence-electron chi connectivity index (χ4n) is 20.1. The molecule has 9 heterocycles. The number of anilines is 3. The van der Waals surface area contributed by atoms with Crippen molar-refractivity contribution in [1.82, 2.24) is 13.4 Å². The first kappa shape index (κ1) is 88.3. The van der Waals surface area contributed by atoms with E-state index in [9.17, 15) is 30.6 Å². The van der Waals surface area contributed by atoms with E-state index in [0.29, 0.717) is 173 Å². The second-order valence-electron chi connectivity index (χ2n) is 31.1. The van der Waals surface area contributed by atoms with Gasteiger partial charge in [0, 0.05) is 123 Å². The molecule has 27 heteroatoms. The smallest absolute Gasteiger partial charge is 0.393 e. The molecule has 3 aromatic heterocycles. The molecule has 0 spiro atoms. The van der Waals surface area contributed by atoms with Gasteiger partial charge in [-0.2, -0.15) is 0 Å². The Morgan fingerprint density at radius 2 is 0.545 bits per heavy atom. The maximum absolute atomic E-state index is 17.7.